The molecule has 2 aromatic rings. The minimum absolute atomic E-state index is 0.221. The Balaban J connectivity index is 2.25. The highest BCUT2D eigenvalue weighted by atomic mass is 32.2. The number of aryl methyl sites for hydroxylation is 3. The molecule has 0 radical (unpaired) electrons. The van der Waals surface area contributed by atoms with Gasteiger partial charge in [0, 0.05) is 0 Å². The van der Waals surface area contributed by atoms with Gasteiger partial charge in [-0.15, -0.1) is 0 Å². The van der Waals surface area contributed by atoms with E-state index in [9.17, 15) is 13.2 Å². The Morgan fingerprint density at radius 2 is 1.57 bits per heavy atom. The van der Waals surface area contributed by atoms with Gasteiger partial charge in [0.1, 0.15) is 6.04 Å². The number of hydrogen-bond donors (Lipinski definition) is 1. The number of carbonyl (C=O) groups excluding carboxylic acids is 1. The summed E-state index contributed by atoms with van der Waals surface area (Å²) >= 11 is 0. The highest BCUT2D eigenvalue weighted by Crippen LogP contribution is 2.24. The Kier molecular flexibility index (Phi) is 6.88. The molecule has 0 aliphatic carbocycles. The van der Waals surface area contributed by atoms with Crippen LogP contribution >= 0.6 is 0 Å². The highest BCUT2D eigenvalue weighted by molar-refractivity contribution is 7.92. The van der Waals surface area contributed by atoms with E-state index >= 15 is 0 Å². The number of nitrogens with zero attached hydrogens (tertiary/aromatic N) is 1. The molecule has 0 bridgehead atoms. The van der Waals surface area contributed by atoms with Crippen molar-refractivity contribution in [2.75, 3.05) is 10.6 Å². The average Bonchev–Trinajstić information content (AvgIpc) is 2.59. The molecule has 0 aromatic heterocycles. The standard InChI is InChI=1S/C22H30N2O3S/c1-7-19-8-10-20(11-9-19)17(4)23-22(25)18(5)24(28(6,26)27)21-13-15(2)12-16(3)14-21/h8-14,17-18H,7H2,1-6H3,(H,23,25)/t17-,18+/m1/s1. The summed E-state index contributed by atoms with van der Waals surface area (Å²) in [7, 11) is -3.63. The van der Waals surface area contributed by atoms with Crippen molar-refractivity contribution in [3.05, 3.63) is 64.7 Å². The number of amides is 1. The maximum Gasteiger partial charge on any atom is 0.244 e. The van der Waals surface area contributed by atoms with Gasteiger partial charge in [-0.2, -0.15) is 0 Å². The number of rotatable bonds is 7. The van der Waals surface area contributed by atoms with Crippen molar-refractivity contribution in [3.63, 3.8) is 0 Å². The topological polar surface area (TPSA) is 66.5 Å². The quantitative estimate of drug-likeness (QED) is 0.764. The van der Waals surface area contributed by atoms with E-state index < -0.39 is 16.1 Å². The molecule has 1 amide bonds. The van der Waals surface area contributed by atoms with Gasteiger partial charge in [-0.3, -0.25) is 9.10 Å². The first-order chi connectivity index (χ1) is 13.0. The summed E-state index contributed by atoms with van der Waals surface area (Å²) in [5, 5.41) is 2.94. The first-order valence-corrected chi connectivity index (χ1v) is 11.3. The van der Waals surface area contributed by atoms with Crippen LogP contribution in [0.25, 0.3) is 0 Å². The molecule has 2 aromatic carbocycles. The Morgan fingerprint density at radius 3 is 2.04 bits per heavy atom. The van der Waals surface area contributed by atoms with E-state index in [1.807, 2.05) is 51.1 Å². The predicted octanol–water partition coefficient (Wildman–Crippen LogP) is 3.90. The van der Waals surface area contributed by atoms with Crippen molar-refractivity contribution >= 4 is 21.6 Å². The lowest BCUT2D eigenvalue weighted by atomic mass is 10.0. The zero-order chi connectivity index (χ0) is 21.1. The minimum atomic E-state index is -3.63. The van der Waals surface area contributed by atoms with Gasteiger partial charge in [-0.05, 0) is 68.5 Å². The Hall–Kier alpha value is -2.34. The summed E-state index contributed by atoms with van der Waals surface area (Å²) in [6.45, 7) is 9.41. The number of anilines is 1. The lowest BCUT2D eigenvalue weighted by Crippen LogP contribution is -2.48. The average molecular weight is 403 g/mol. The van der Waals surface area contributed by atoms with Gasteiger partial charge in [0.15, 0.2) is 0 Å². The summed E-state index contributed by atoms with van der Waals surface area (Å²) in [5.74, 6) is -0.336. The molecule has 0 aliphatic rings. The summed E-state index contributed by atoms with van der Waals surface area (Å²) in [5.41, 5.74) is 4.60. The number of sulfonamides is 1. The van der Waals surface area contributed by atoms with E-state index in [0.717, 1.165) is 29.4 Å². The van der Waals surface area contributed by atoms with Gasteiger partial charge in [0.05, 0.1) is 18.0 Å². The summed E-state index contributed by atoms with van der Waals surface area (Å²) in [4.78, 5) is 12.9. The number of hydrogen-bond acceptors (Lipinski definition) is 3. The maximum absolute atomic E-state index is 12.9. The van der Waals surface area contributed by atoms with E-state index in [4.69, 9.17) is 0 Å². The second kappa shape index (κ2) is 8.78. The van der Waals surface area contributed by atoms with Crippen LogP contribution in [0.4, 0.5) is 5.69 Å². The van der Waals surface area contributed by atoms with Gasteiger partial charge in [0.25, 0.3) is 0 Å². The second-order valence-corrected chi connectivity index (χ2v) is 9.27. The van der Waals surface area contributed by atoms with E-state index in [1.165, 1.54) is 9.87 Å². The fourth-order valence-corrected chi connectivity index (χ4v) is 4.50. The molecular weight excluding hydrogens is 372 g/mol. The zero-order valence-corrected chi connectivity index (χ0v) is 18.3. The normalized spacial score (nSPS) is 13.6. The molecule has 28 heavy (non-hydrogen) atoms. The summed E-state index contributed by atoms with van der Waals surface area (Å²) in [6, 6.07) is 12.5. The van der Waals surface area contributed by atoms with Crippen molar-refractivity contribution in [3.8, 4) is 0 Å². The number of nitrogens with one attached hydrogen (secondary N) is 1. The molecule has 0 saturated carbocycles. The van der Waals surface area contributed by atoms with Crippen molar-refractivity contribution in [2.24, 2.45) is 0 Å². The van der Waals surface area contributed by atoms with Crippen LogP contribution in [0.3, 0.4) is 0 Å². The van der Waals surface area contributed by atoms with Crippen LogP contribution in [0.2, 0.25) is 0 Å². The molecule has 2 atom stereocenters. The summed E-state index contributed by atoms with van der Waals surface area (Å²) in [6.07, 6.45) is 2.08. The smallest absolute Gasteiger partial charge is 0.244 e. The van der Waals surface area contributed by atoms with Crippen LogP contribution in [0.1, 0.15) is 49.1 Å². The molecule has 152 valence electrons. The highest BCUT2D eigenvalue weighted by Gasteiger charge is 2.30. The van der Waals surface area contributed by atoms with Gasteiger partial charge in [0.2, 0.25) is 15.9 Å². The fourth-order valence-electron chi connectivity index (χ4n) is 3.35. The van der Waals surface area contributed by atoms with E-state index in [0.29, 0.717) is 5.69 Å². The second-order valence-electron chi connectivity index (χ2n) is 7.41. The molecule has 0 fully saturated rings. The molecular formula is C22H30N2O3S. The zero-order valence-electron chi connectivity index (χ0n) is 17.5. The van der Waals surface area contributed by atoms with E-state index in [1.54, 1.807) is 19.1 Å². The predicted molar refractivity (Wildman–Crippen MR) is 115 cm³/mol. The van der Waals surface area contributed by atoms with Crippen molar-refractivity contribution in [1.82, 2.24) is 5.32 Å². The van der Waals surface area contributed by atoms with Crippen LogP contribution in [-0.4, -0.2) is 26.6 Å². The lowest BCUT2D eigenvalue weighted by molar-refractivity contribution is -0.122. The molecule has 0 unspecified atom stereocenters. The molecule has 2 rings (SSSR count). The molecule has 0 aliphatic heterocycles. The van der Waals surface area contributed by atoms with Crippen LogP contribution in [0.5, 0.6) is 0 Å². The maximum atomic E-state index is 12.9. The minimum Gasteiger partial charge on any atom is -0.348 e. The molecule has 0 saturated heterocycles. The Bertz CT molecular complexity index is 917. The molecule has 0 spiro atoms. The van der Waals surface area contributed by atoms with Crippen LogP contribution in [-0.2, 0) is 21.2 Å². The molecule has 0 heterocycles. The van der Waals surface area contributed by atoms with Gasteiger partial charge in [-0.25, -0.2) is 8.42 Å². The molecule has 6 heteroatoms. The first kappa shape index (κ1) is 22.0. The van der Waals surface area contributed by atoms with Crippen LogP contribution < -0.4 is 9.62 Å². The lowest BCUT2D eigenvalue weighted by Gasteiger charge is -2.30. The van der Waals surface area contributed by atoms with Gasteiger partial charge < -0.3 is 5.32 Å². The fraction of sp³-hybridized carbons (Fsp3) is 0.409. The Morgan fingerprint density at radius 1 is 1.04 bits per heavy atom. The third-order valence-corrected chi connectivity index (χ3v) is 6.04. The largest absolute Gasteiger partial charge is 0.348 e. The molecule has 1 N–H and O–H groups in total. The monoisotopic (exact) mass is 402 g/mol. The SMILES string of the molecule is CCc1ccc([C@@H](C)NC(=O)[C@H](C)N(c2cc(C)cc(C)c2)S(C)(=O)=O)cc1. The third-order valence-electron chi connectivity index (χ3n) is 4.80. The number of benzene rings is 2. The first-order valence-electron chi connectivity index (χ1n) is 9.49. The van der Waals surface area contributed by atoms with Gasteiger partial charge in [-0.1, -0.05) is 37.3 Å². The third kappa shape index (κ3) is 5.35. The number of carbonyl (C=O) groups is 1. The molecule has 5 nitrogen and oxygen atoms in total. The Labute approximate surface area is 168 Å². The van der Waals surface area contributed by atoms with Crippen molar-refractivity contribution in [2.45, 2.75) is 53.1 Å². The van der Waals surface area contributed by atoms with Crippen molar-refractivity contribution < 1.29 is 13.2 Å². The van der Waals surface area contributed by atoms with E-state index in [-0.39, 0.29) is 11.9 Å². The van der Waals surface area contributed by atoms with Gasteiger partial charge >= 0.3 is 0 Å². The van der Waals surface area contributed by atoms with Crippen LogP contribution in [0, 0.1) is 13.8 Å². The summed E-state index contributed by atoms with van der Waals surface area (Å²) < 4.78 is 26.1. The van der Waals surface area contributed by atoms with Crippen molar-refractivity contribution in [1.29, 1.82) is 0 Å². The van der Waals surface area contributed by atoms with Crippen LogP contribution in [0.15, 0.2) is 42.5 Å². The van der Waals surface area contributed by atoms with E-state index in [2.05, 4.69) is 12.2 Å².